The molecule has 0 amide bonds. The number of epoxide rings is 1. The number of aliphatic hydroxyl groups excluding tert-OH is 2. The Morgan fingerprint density at radius 3 is 2.19 bits per heavy atom. The quantitative estimate of drug-likeness (QED) is 0.458. The number of hydrogen-bond acceptors (Lipinski definition) is 5. The fourth-order valence-electron chi connectivity index (χ4n) is 2.05. The van der Waals surface area contributed by atoms with Crippen LogP contribution in [0, 0.1) is 0 Å². The number of ether oxygens (including phenoxy) is 2. The van der Waals surface area contributed by atoms with Gasteiger partial charge in [0, 0.05) is 12.7 Å². The lowest BCUT2D eigenvalue weighted by molar-refractivity contribution is 0.0396. The van der Waals surface area contributed by atoms with Crippen molar-refractivity contribution in [1.29, 1.82) is 0 Å². The van der Waals surface area contributed by atoms with E-state index in [4.69, 9.17) is 14.6 Å². The molecule has 2 N–H and O–H groups in total. The topological polar surface area (TPSA) is 79.3 Å². The molecule has 1 aromatic rings. The van der Waals surface area contributed by atoms with Gasteiger partial charge in [0.2, 0.25) is 0 Å². The molecule has 0 radical (unpaired) electrons. The lowest BCUT2D eigenvalue weighted by Gasteiger charge is -2.17. The van der Waals surface area contributed by atoms with Crippen molar-refractivity contribution >= 4 is 6.29 Å². The number of carbonyl (C=O) groups excluding carboxylic acids is 1. The van der Waals surface area contributed by atoms with Crippen LogP contribution >= 0.6 is 0 Å². The maximum Gasteiger partial charge on any atom is 0.187 e. The fourth-order valence-corrected chi connectivity index (χ4v) is 2.05. The summed E-state index contributed by atoms with van der Waals surface area (Å²) in [6.45, 7) is 11.2. The van der Waals surface area contributed by atoms with Gasteiger partial charge in [-0.05, 0) is 39.7 Å². The van der Waals surface area contributed by atoms with Gasteiger partial charge in [0.25, 0.3) is 0 Å². The standard InChI is InChI=1S/C10H18O3.C8H8O2.C3H6/c1-7(2)5-6-8(12-4)10(3)9(11)13-10;9-5-7-1-2-8(6-10)4-3-7;1-3-2/h5,8-9,11H,6H2,1-4H3;1-5,10H,6H2;3H,1H2,2H3. The van der Waals surface area contributed by atoms with Gasteiger partial charge >= 0.3 is 0 Å². The van der Waals surface area contributed by atoms with E-state index in [9.17, 15) is 9.90 Å². The van der Waals surface area contributed by atoms with Crippen LogP contribution in [0.25, 0.3) is 0 Å². The maximum absolute atomic E-state index is 10.1. The summed E-state index contributed by atoms with van der Waals surface area (Å²) in [4.78, 5) is 10.1. The van der Waals surface area contributed by atoms with E-state index in [-0.39, 0.29) is 12.7 Å². The first kappa shape index (κ1) is 24.2. The molecule has 146 valence electrons. The molecule has 1 aliphatic heterocycles. The van der Waals surface area contributed by atoms with Crippen molar-refractivity contribution in [2.45, 2.75) is 58.7 Å². The van der Waals surface area contributed by atoms with Gasteiger partial charge in [-0.2, -0.15) is 0 Å². The zero-order valence-electron chi connectivity index (χ0n) is 16.4. The van der Waals surface area contributed by atoms with Crippen LogP contribution in [-0.4, -0.2) is 41.6 Å². The van der Waals surface area contributed by atoms with Gasteiger partial charge in [0.1, 0.15) is 11.9 Å². The van der Waals surface area contributed by atoms with Gasteiger partial charge in [0.05, 0.1) is 12.7 Å². The number of aldehydes is 1. The predicted octanol–water partition coefficient (Wildman–Crippen LogP) is 3.65. The summed E-state index contributed by atoms with van der Waals surface area (Å²) in [6.07, 6.45) is 4.68. The molecule has 1 fully saturated rings. The Kier molecular flexibility index (Phi) is 11.7. The second-order valence-corrected chi connectivity index (χ2v) is 6.32. The summed E-state index contributed by atoms with van der Waals surface area (Å²) in [7, 11) is 1.64. The largest absolute Gasteiger partial charge is 0.392 e. The fraction of sp³-hybridized carbons (Fsp3) is 0.476. The molecule has 0 aliphatic carbocycles. The molecule has 1 aliphatic rings. The van der Waals surface area contributed by atoms with Crippen molar-refractivity contribution in [2.75, 3.05) is 7.11 Å². The zero-order valence-corrected chi connectivity index (χ0v) is 16.4. The summed E-state index contributed by atoms with van der Waals surface area (Å²) >= 11 is 0. The molecular weight excluding hydrogens is 332 g/mol. The first-order valence-corrected chi connectivity index (χ1v) is 8.53. The molecule has 0 spiro atoms. The Hall–Kier alpha value is -1.79. The van der Waals surface area contributed by atoms with E-state index in [1.807, 2.05) is 27.7 Å². The first-order valence-electron chi connectivity index (χ1n) is 8.53. The van der Waals surface area contributed by atoms with Gasteiger partial charge in [-0.1, -0.05) is 42.0 Å². The van der Waals surface area contributed by atoms with E-state index in [1.165, 1.54) is 5.57 Å². The Balaban J connectivity index is 0.000000428. The molecule has 3 unspecified atom stereocenters. The first-order chi connectivity index (χ1) is 12.3. The minimum Gasteiger partial charge on any atom is -0.392 e. The van der Waals surface area contributed by atoms with Crippen LogP contribution in [-0.2, 0) is 16.1 Å². The van der Waals surface area contributed by atoms with Gasteiger partial charge < -0.3 is 19.7 Å². The number of benzene rings is 1. The molecule has 0 bridgehead atoms. The summed E-state index contributed by atoms with van der Waals surface area (Å²) in [6, 6.07) is 6.81. The number of hydrogen-bond donors (Lipinski definition) is 2. The molecule has 1 heterocycles. The van der Waals surface area contributed by atoms with Crippen molar-refractivity contribution in [1.82, 2.24) is 0 Å². The second kappa shape index (κ2) is 12.5. The second-order valence-electron chi connectivity index (χ2n) is 6.32. The predicted molar refractivity (Wildman–Crippen MR) is 104 cm³/mol. The van der Waals surface area contributed by atoms with Gasteiger partial charge in [-0.15, -0.1) is 6.58 Å². The molecule has 2 rings (SSSR count). The van der Waals surface area contributed by atoms with Gasteiger partial charge in [-0.3, -0.25) is 4.79 Å². The SMILES string of the molecule is C=CC.COC(CC=C(C)C)C1(C)OC1O.O=Cc1ccc(CO)cc1. The lowest BCUT2D eigenvalue weighted by atomic mass is 10.0. The number of carbonyl (C=O) groups is 1. The minimum absolute atomic E-state index is 0.0269. The highest BCUT2D eigenvalue weighted by atomic mass is 16.7. The average Bonchev–Trinajstić information content (AvgIpc) is 3.24. The van der Waals surface area contributed by atoms with Crippen molar-refractivity contribution in [2.24, 2.45) is 0 Å². The van der Waals surface area contributed by atoms with Crippen molar-refractivity contribution in [3.63, 3.8) is 0 Å². The van der Waals surface area contributed by atoms with Crippen molar-refractivity contribution in [3.05, 3.63) is 59.7 Å². The Morgan fingerprint density at radius 2 is 1.88 bits per heavy atom. The van der Waals surface area contributed by atoms with E-state index in [2.05, 4.69) is 12.7 Å². The number of aliphatic hydroxyl groups is 2. The summed E-state index contributed by atoms with van der Waals surface area (Å²) in [5, 5.41) is 17.8. The summed E-state index contributed by atoms with van der Waals surface area (Å²) < 4.78 is 10.4. The molecule has 0 saturated carbocycles. The summed E-state index contributed by atoms with van der Waals surface area (Å²) in [5.41, 5.74) is 2.21. The third-order valence-corrected chi connectivity index (χ3v) is 3.76. The monoisotopic (exact) mass is 364 g/mol. The number of rotatable bonds is 6. The molecule has 5 heteroatoms. The van der Waals surface area contributed by atoms with E-state index >= 15 is 0 Å². The van der Waals surface area contributed by atoms with Crippen LogP contribution in [0.4, 0.5) is 0 Å². The van der Waals surface area contributed by atoms with E-state index in [1.54, 1.807) is 37.5 Å². The van der Waals surface area contributed by atoms with Gasteiger partial charge in [-0.25, -0.2) is 0 Å². The molecule has 3 atom stereocenters. The van der Waals surface area contributed by atoms with Crippen LogP contribution in [0.15, 0.2) is 48.6 Å². The van der Waals surface area contributed by atoms with Crippen LogP contribution in [0.2, 0.25) is 0 Å². The molecule has 5 nitrogen and oxygen atoms in total. The highest BCUT2D eigenvalue weighted by molar-refractivity contribution is 5.74. The molecular formula is C21H32O5. The molecule has 26 heavy (non-hydrogen) atoms. The van der Waals surface area contributed by atoms with E-state index in [0.29, 0.717) is 5.56 Å². The van der Waals surface area contributed by atoms with Gasteiger partial charge in [0.15, 0.2) is 6.29 Å². The maximum atomic E-state index is 10.1. The number of allylic oxidation sites excluding steroid dienone is 2. The van der Waals surface area contributed by atoms with Crippen molar-refractivity contribution < 1.29 is 24.5 Å². The Morgan fingerprint density at radius 1 is 1.38 bits per heavy atom. The number of methoxy groups -OCH3 is 1. The normalized spacial score (nSPS) is 21.1. The van der Waals surface area contributed by atoms with E-state index in [0.717, 1.165) is 18.3 Å². The van der Waals surface area contributed by atoms with Crippen LogP contribution in [0.1, 0.15) is 50.0 Å². The van der Waals surface area contributed by atoms with Crippen molar-refractivity contribution in [3.8, 4) is 0 Å². The van der Waals surface area contributed by atoms with Crippen LogP contribution < -0.4 is 0 Å². The van der Waals surface area contributed by atoms with E-state index < -0.39 is 11.9 Å². The van der Waals surface area contributed by atoms with Crippen LogP contribution in [0.5, 0.6) is 0 Å². The zero-order chi connectivity index (χ0) is 20.2. The molecule has 1 saturated heterocycles. The average molecular weight is 364 g/mol. The summed E-state index contributed by atoms with van der Waals surface area (Å²) in [5.74, 6) is 0. The van der Waals surface area contributed by atoms with Crippen LogP contribution in [0.3, 0.4) is 0 Å². The minimum atomic E-state index is -0.664. The third-order valence-electron chi connectivity index (χ3n) is 3.76. The molecule has 1 aromatic carbocycles. The third kappa shape index (κ3) is 8.54. The highest BCUT2D eigenvalue weighted by Crippen LogP contribution is 2.40. The smallest absolute Gasteiger partial charge is 0.187 e. The lowest BCUT2D eigenvalue weighted by Crippen LogP contribution is -2.30. The molecule has 0 aromatic heterocycles. The highest BCUT2D eigenvalue weighted by Gasteiger charge is 2.57. The Bertz CT molecular complexity index is 560. The Labute approximate surface area is 157 Å².